The Bertz CT molecular complexity index is 2350. The number of hydrogen-bond donors (Lipinski definition) is 3. The highest BCUT2D eigenvalue weighted by molar-refractivity contribution is 7.87. The minimum absolute atomic E-state index is 0.103. The van der Waals surface area contributed by atoms with Gasteiger partial charge in [-0.1, -0.05) is 38.7 Å². The van der Waals surface area contributed by atoms with Gasteiger partial charge in [-0.15, -0.1) is 0 Å². The number of ether oxygens (including phenoxy) is 4. The van der Waals surface area contributed by atoms with Gasteiger partial charge in [0.15, 0.2) is 0 Å². The summed E-state index contributed by atoms with van der Waals surface area (Å²) in [5.41, 5.74) is 4.88. The zero-order chi connectivity index (χ0) is 47.4. The first-order valence-electron chi connectivity index (χ1n) is 21.5. The van der Waals surface area contributed by atoms with Gasteiger partial charge >= 0.3 is 22.3 Å². The van der Waals surface area contributed by atoms with E-state index in [1.165, 1.54) is 26.1 Å². The zero-order valence-corrected chi connectivity index (χ0v) is 40.0. The van der Waals surface area contributed by atoms with Crippen LogP contribution in [0.15, 0.2) is 42.0 Å². The van der Waals surface area contributed by atoms with Gasteiger partial charge in [0, 0.05) is 69.4 Å². The largest absolute Gasteiger partial charge is 0.497 e. The number of benzene rings is 2. The third-order valence-corrected chi connectivity index (χ3v) is 13.4. The second kappa shape index (κ2) is 23.1. The normalized spacial score (nSPS) is 14.5. The van der Waals surface area contributed by atoms with Crippen molar-refractivity contribution in [1.82, 2.24) is 22.8 Å². The summed E-state index contributed by atoms with van der Waals surface area (Å²) in [5, 5.41) is 16.0. The van der Waals surface area contributed by atoms with E-state index < -0.39 is 38.1 Å². The number of aromatic carboxylic acids is 1. The molecular weight excluding hydrogens is 869 g/mol. The highest BCUT2D eigenvalue weighted by Crippen LogP contribution is 2.47. The van der Waals surface area contributed by atoms with Gasteiger partial charge < -0.3 is 33.5 Å². The fourth-order valence-electron chi connectivity index (χ4n) is 7.42. The number of hydrogen-bond acceptors (Lipinski definition) is 11. The number of carboxylic acid groups (broad SMARTS) is 1. The summed E-state index contributed by atoms with van der Waals surface area (Å²) < 4.78 is 73.7. The maximum Gasteiger partial charge on any atom is 0.422 e. The van der Waals surface area contributed by atoms with Gasteiger partial charge in [0.05, 0.1) is 44.7 Å². The van der Waals surface area contributed by atoms with Gasteiger partial charge in [-0.2, -0.15) is 25.4 Å². The Balaban J connectivity index is 0.000000379. The van der Waals surface area contributed by atoms with Crippen molar-refractivity contribution in [3.8, 4) is 17.0 Å². The molecule has 2 aliphatic rings. The molecule has 2 aromatic carbocycles. The molecule has 0 bridgehead atoms. The van der Waals surface area contributed by atoms with Crippen molar-refractivity contribution in [3.63, 3.8) is 0 Å². The number of nitrogens with one attached hydrogen (secondary N) is 1. The Morgan fingerprint density at radius 2 is 1.53 bits per heavy atom. The maximum absolute atomic E-state index is 13.9. The highest BCUT2D eigenvalue weighted by Gasteiger charge is 2.31. The van der Waals surface area contributed by atoms with E-state index in [9.17, 15) is 36.3 Å². The van der Waals surface area contributed by atoms with Crippen molar-refractivity contribution in [2.75, 3.05) is 74.3 Å². The number of methoxy groups -OCH3 is 1. The molecule has 1 saturated carbocycles. The predicted octanol–water partition coefficient (Wildman–Crippen LogP) is 5.57. The second-order valence-electron chi connectivity index (χ2n) is 16.9. The lowest BCUT2D eigenvalue weighted by atomic mass is 9.81. The van der Waals surface area contributed by atoms with Gasteiger partial charge in [-0.25, -0.2) is 19.5 Å². The SMILES string of the molecule is CCCCOCCN(C)S(=O)(=O)NC(=O)OC(C)(C)C.COc1ccc2c(c1)C=C(C(=O)N(C)CCOCCN(C)S(N)(=O)=O)Cn1c-2c(C2CCCCC2)c2ccc(C(=O)O)cc21. The molecule has 0 unspecified atom stereocenters. The first-order valence-corrected chi connectivity index (χ1v) is 24.4. The minimum atomic E-state index is -3.90. The van der Waals surface area contributed by atoms with Crippen molar-refractivity contribution in [3.05, 3.63) is 58.7 Å². The van der Waals surface area contributed by atoms with Crippen LogP contribution in [0.2, 0.25) is 0 Å². The number of likely N-dealkylation sites (N-methyl/N-ethyl adjacent to an activating group) is 3. The number of nitrogens with two attached hydrogens (primary N) is 1. The number of fused-ring (bicyclic) bond motifs is 5. The van der Waals surface area contributed by atoms with Crippen LogP contribution in [-0.2, 0) is 46.0 Å². The van der Waals surface area contributed by atoms with Gasteiger partial charge in [0.2, 0.25) is 0 Å². The van der Waals surface area contributed by atoms with Crippen LogP contribution < -0.4 is 14.6 Å². The fourth-order valence-corrected chi connectivity index (χ4v) is 8.47. The topological polar surface area (TPSA) is 229 Å². The van der Waals surface area contributed by atoms with Crippen molar-refractivity contribution in [2.24, 2.45) is 5.14 Å². The smallest absolute Gasteiger partial charge is 0.422 e. The molecule has 0 radical (unpaired) electrons. The van der Waals surface area contributed by atoms with E-state index in [-0.39, 0.29) is 57.5 Å². The molecule has 18 nitrogen and oxygen atoms in total. The molecule has 2 amide bonds. The standard InChI is InChI=1S/C32H40N4O7S.C12H26N2O5S/c1-34(13-15-43-16-14-35(2)44(33,40)41)31(37)24-17-23-18-25(42-3)10-12-26(23)30-29(21-7-5-4-6-8-21)27-11-9-22(32(38)39)19-28(27)36(30)20-24;1-6-7-9-18-10-8-14(5)20(16,17)13-11(15)19-12(2,3)4/h9-12,17-19,21H,4-8,13-16,20H2,1-3H3,(H,38,39)(H2,33,40,41);6-10H2,1-5H3,(H,13,15). The van der Waals surface area contributed by atoms with Crippen molar-refractivity contribution >= 4 is 55.4 Å². The summed E-state index contributed by atoms with van der Waals surface area (Å²) in [6.07, 6.45) is 8.50. The van der Waals surface area contributed by atoms with Gasteiger partial charge in [-0.05, 0) is 93.5 Å². The Kier molecular flexibility index (Phi) is 18.8. The minimum Gasteiger partial charge on any atom is -0.497 e. The number of unbranched alkanes of at least 4 members (excludes halogenated alkanes) is 1. The molecule has 2 heterocycles. The van der Waals surface area contributed by atoms with E-state index in [1.54, 1.807) is 52.0 Å². The molecule has 0 spiro atoms. The molecule has 1 fully saturated rings. The third-order valence-electron chi connectivity index (χ3n) is 10.9. The predicted molar refractivity (Wildman–Crippen MR) is 246 cm³/mol. The van der Waals surface area contributed by atoms with E-state index >= 15 is 0 Å². The summed E-state index contributed by atoms with van der Waals surface area (Å²) in [5.74, 6) is -0.178. The molecular formula is C44H66N6O12S2. The molecule has 64 heavy (non-hydrogen) atoms. The summed E-state index contributed by atoms with van der Waals surface area (Å²) in [6.45, 7) is 9.08. The Hall–Kier alpha value is -4.57. The first kappa shape index (κ1) is 52.1. The van der Waals surface area contributed by atoms with Crippen LogP contribution in [0.25, 0.3) is 28.2 Å². The average molecular weight is 935 g/mol. The summed E-state index contributed by atoms with van der Waals surface area (Å²) in [4.78, 5) is 38.9. The van der Waals surface area contributed by atoms with E-state index in [0.29, 0.717) is 23.8 Å². The van der Waals surface area contributed by atoms with Gasteiger partial charge in [-0.3, -0.25) is 4.79 Å². The number of carboxylic acids is 1. The number of amides is 2. The quantitative estimate of drug-likeness (QED) is 0.125. The molecule has 1 aromatic heterocycles. The summed E-state index contributed by atoms with van der Waals surface area (Å²) in [7, 11) is -1.62. The molecule has 20 heteroatoms. The molecule has 4 N–H and O–H groups in total. The van der Waals surface area contributed by atoms with Crippen LogP contribution in [0.5, 0.6) is 5.75 Å². The lowest BCUT2D eigenvalue weighted by Crippen LogP contribution is -2.44. The number of carbonyl (C=O) groups is 3. The van der Waals surface area contributed by atoms with E-state index in [2.05, 4.69) is 4.57 Å². The molecule has 0 atom stereocenters. The van der Waals surface area contributed by atoms with Crippen molar-refractivity contribution < 1.29 is 55.3 Å². The molecule has 1 aliphatic heterocycles. The Morgan fingerprint density at radius 1 is 0.891 bits per heavy atom. The summed E-state index contributed by atoms with van der Waals surface area (Å²) in [6, 6.07) is 11.2. The number of nitrogens with zero attached hydrogens (tertiary/aromatic N) is 4. The highest BCUT2D eigenvalue weighted by atomic mass is 32.2. The van der Waals surface area contributed by atoms with Crippen molar-refractivity contribution in [1.29, 1.82) is 0 Å². The monoisotopic (exact) mass is 934 g/mol. The lowest BCUT2D eigenvalue weighted by molar-refractivity contribution is -0.126. The van der Waals surface area contributed by atoms with Crippen LogP contribution in [0, 0.1) is 0 Å². The van der Waals surface area contributed by atoms with Crippen LogP contribution in [0.1, 0.15) is 100 Å². The van der Waals surface area contributed by atoms with E-state index in [4.69, 9.17) is 24.1 Å². The third kappa shape index (κ3) is 14.5. The Morgan fingerprint density at radius 3 is 2.14 bits per heavy atom. The fraction of sp³-hybridized carbons (Fsp3) is 0.568. The lowest BCUT2D eigenvalue weighted by Gasteiger charge is -2.24. The number of aromatic nitrogens is 1. The average Bonchev–Trinajstić information content (AvgIpc) is 3.44. The van der Waals surface area contributed by atoms with Gasteiger partial charge in [0.1, 0.15) is 11.4 Å². The first-order chi connectivity index (χ1) is 30.1. The van der Waals surface area contributed by atoms with Gasteiger partial charge in [0.25, 0.3) is 16.1 Å². The molecule has 5 rings (SSSR count). The molecule has 3 aromatic rings. The molecule has 1 aliphatic carbocycles. The number of carbonyl (C=O) groups excluding carboxylic acids is 2. The maximum atomic E-state index is 13.9. The molecule has 356 valence electrons. The molecule has 0 saturated heterocycles. The van der Waals surface area contributed by atoms with E-state index in [0.717, 1.165) is 74.9 Å². The van der Waals surface area contributed by atoms with Crippen LogP contribution >= 0.6 is 0 Å². The summed E-state index contributed by atoms with van der Waals surface area (Å²) >= 11 is 0. The van der Waals surface area contributed by atoms with E-state index in [1.807, 2.05) is 42.0 Å². The van der Waals surface area contributed by atoms with Crippen molar-refractivity contribution in [2.45, 2.75) is 90.7 Å². The number of rotatable bonds is 19. The van der Waals surface area contributed by atoms with Crippen LogP contribution in [-0.4, -0.2) is 138 Å². The second-order valence-corrected chi connectivity index (χ2v) is 20.4. The van der Waals surface area contributed by atoms with Crippen LogP contribution in [0.4, 0.5) is 4.79 Å². The Labute approximate surface area is 378 Å². The van der Waals surface area contributed by atoms with Crippen LogP contribution in [0.3, 0.4) is 0 Å². The zero-order valence-electron chi connectivity index (χ0n) is 38.3.